The first kappa shape index (κ1) is 18.9. The Hall–Kier alpha value is -1.89. The number of nitrogens with one attached hydrogen (secondary N) is 2. The van der Waals surface area contributed by atoms with Crippen LogP contribution >= 0.6 is 0 Å². The van der Waals surface area contributed by atoms with Gasteiger partial charge in [-0.05, 0) is 38.5 Å². The van der Waals surface area contributed by atoms with Crippen LogP contribution in [0, 0.1) is 0 Å². The van der Waals surface area contributed by atoms with Crippen molar-refractivity contribution in [1.29, 1.82) is 0 Å². The van der Waals surface area contributed by atoms with Crippen molar-refractivity contribution >= 4 is 11.8 Å². The molecule has 1 fully saturated rings. The lowest BCUT2D eigenvalue weighted by Gasteiger charge is -2.17. The summed E-state index contributed by atoms with van der Waals surface area (Å²) in [5.74, 6) is -0.00271. The van der Waals surface area contributed by atoms with Gasteiger partial charge in [0.2, 0.25) is 0 Å². The number of hydrogen-bond acceptors (Lipinski definition) is 4. The van der Waals surface area contributed by atoms with E-state index in [9.17, 15) is 9.59 Å². The molecule has 1 saturated heterocycles. The van der Waals surface area contributed by atoms with Gasteiger partial charge >= 0.3 is 0 Å². The van der Waals surface area contributed by atoms with Gasteiger partial charge in [0, 0.05) is 26.2 Å². The largest absolute Gasteiger partial charge is 0.376 e. The summed E-state index contributed by atoms with van der Waals surface area (Å²) < 4.78 is 7.49. The van der Waals surface area contributed by atoms with Crippen molar-refractivity contribution < 1.29 is 14.3 Å². The summed E-state index contributed by atoms with van der Waals surface area (Å²) in [5.41, 5.74) is 1.29. The molecular formula is C19H30N4O3. The second-order valence-corrected chi connectivity index (χ2v) is 7.15. The average Bonchev–Trinajstić information content (AvgIpc) is 3.31. The number of unbranched alkanes of at least 4 members (excludes halogenated alkanes) is 2. The van der Waals surface area contributed by atoms with E-state index < -0.39 is 0 Å². The Bertz CT molecular complexity index is 635. The summed E-state index contributed by atoms with van der Waals surface area (Å²) in [6.45, 7) is 4.80. The van der Waals surface area contributed by atoms with Crippen LogP contribution in [0.3, 0.4) is 0 Å². The highest BCUT2D eigenvalue weighted by atomic mass is 16.5. The van der Waals surface area contributed by atoms with Crippen molar-refractivity contribution in [2.24, 2.45) is 0 Å². The van der Waals surface area contributed by atoms with Crippen LogP contribution in [0.4, 0.5) is 0 Å². The summed E-state index contributed by atoms with van der Waals surface area (Å²) >= 11 is 0. The maximum absolute atomic E-state index is 12.6. The molecule has 0 bridgehead atoms. The number of hydrogen-bond donors (Lipinski definition) is 2. The Morgan fingerprint density at radius 1 is 1.19 bits per heavy atom. The van der Waals surface area contributed by atoms with Crippen LogP contribution in [-0.4, -0.2) is 47.2 Å². The van der Waals surface area contributed by atoms with Crippen LogP contribution in [0.15, 0.2) is 0 Å². The zero-order valence-electron chi connectivity index (χ0n) is 15.7. The molecule has 2 N–H and O–H groups in total. The number of ether oxygens (including phenoxy) is 1. The summed E-state index contributed by atoms with van der Waals surface area (Å²) in [6.07, 6.45) is 8.12. The second kappa shape index (κ2) is 9.16. The quantitative estimate of drug-likeness (QED) is 0.693. The maximum atomic E-state index is 12.6. The van der Waals surface area contributed by atoms with Crippen LogP contribution < -0.4 is 10.6 Å². The van der Waals surface area contributed by atoms with Gasteiger partial charge in [-0.3, -0.25) is 9.59 Å². The molecule has 26 heavy (non-hydrogen) atoms. The van der Waals surface area contributed by atoms with E-state index in [1.807, 2.05) is 4.57 Å². The fraction of sp³-hybridized carbons (Fsp3) is 0.737. The van der Waals surface area contributed by atoms with E-state index in [2.05, 4.69) is 22.5 Å². The highest BCUT2D eigenvalue weighted by molar-refractivity contribution is 5.97. The maximum Gasteiger partial charge on any atom is 0.287 e. The van der Waals surface area contributed by atoms with Crippen molar-refractivity contribution in [1.82, 2.24) is 20.2 Å². The molecule has 0 radical (unpaired) electrons. The highest BCUT2D eigenvalue weighted by Crippen LogP contribution is 2.21. The smallest absolute Gasteiger partial charge is 0.287 e. The molecule has 0 aromatic carbocycles. The van der Waals surface area contributed by atoms with Gasteiger partial charge in [0.15, 0.2) is 5.82 Å². The zero-order valence-corrected chi connectivity index (χ0v) is 15.7. The molecule has 2 amide bonds. The molecule has 2 aliphatic heterocycles. The van der Waals surface area contributed by atoms with Crippen molar-refractivity contribution in [3.8, 4) is 0 Å². The Balaban J connectivity index is 1.68. The van der Waals surface area contributed by atoms with E-state index >= 15 is 0 Å². The third-order valence-corrected chi connectivity index (χ3v) is 5.12. The molecule has 1 atom stereocenters. The normalized spacial score (nSPS) is 19.2. The second-order valence-electron chi connectivity index (χ2n) is 7.15. The average molecular weight is 362 g/mol. The van der Waals surface area contributed by atoms with Crippen LogP contribution in [0.2, 0.25) is 0 Å². The number of carbonyl (C=O) groups is 2. The summed E-state index contributed by atoms with van der Waals surface area (Å²) in [7, 11) is 0. The fourth-order valence-electron chi connectivity index (χ4n) is 3.65. The van der Waals surface area contributed by atoms with E-state index in [1.54, 1.807) is 0 Å². The van der Waals surface area contributed by atoms with Gasteiger partial charge in [0.05, 0.1) is 11.8 Å². The van der Waals surface area contributed by atoms with Gasteiger partial charge in [-0.25, -0.2) is 4.98 Å². The van der Waals surface area contributed by atoms with Crippen LogP contribution in [0.1, 0.15) is 78.7 Å². The molecule has 3 rings (SSSR count). The fourth-order valence-corrected chi connectivity index (χ4v) is 3.65. The highest BCUT2D eigenvalue weighted by Gasteiger charge is 2.28. The molecule has 1 aromatic rings. The first-order valence-electron chi connectivity index (χ1n) is 9.98. The molecule has 0 saturated carbocycles. The number of amides is 2. The SMILES string of the molecule is CCCCCNC(=O)c1nc(C(=O)NCC2CCCO2)c2n1CCCC2. The first-order chi connectivity index (χ1) is 12.7. The number of rotatable bonds is 8. The molecule has 1 aromatic heterocycles. The summed E-state index contributed by atoms with van der Waals surface area (Å²) in [5, 5.41) is 5.87. The number of carbonyl (C=O) groups excluding carboxylic acids is 2. The molecular weight excluding hydrogens is 332 g/mol. The number of fused-ring (bicyclic) bond motifs is 1. The van der Waals surface area contributed by atoms with Gasteiger partial charge in [0.1, 0.15) is 5.69 Å². The van der Waals surface area contributed by atoms with Crippen LogP contribution in [-0.2, 0) is 17.7 Å². The minimum absolute atomic E-state index is 0.0960. The Morgan fingerprint density at radius 3 is 2.85 bits per heavy atom. The third kappa shape index (κ3) is 4.44. The van der Waals surface area contributed by atoms with E-state index in [-0.39, 0.29) is 17.9 Å². The standard InChI is InChI=1S/C19H30N4O3/c1-2-3-5-10-20-19(25)17-22-16(15-9-4-6-11-23(15)17)18(24)21-13-14-8-7-12-26-14/h14H,2-13H2,1H3,(H,20,25)(H,21,24). The third-order valence-electron chi connectivity index (χ3n) is 5.12. The molecule has 7 heteroatoms. The van der Waals surface area contributed by atoms with Gasteiger partial charge in [0.25, 0.3) is 11.8 Å². The van der Waals surface area contributed by atoms with Gasteiger partial charge in [-0.2, -0.15) is 0 Å². The lowest BCUT2D eigenvalue weighted by Crippen LogP contribution is -2.32. The molecule has 1 unspecified atom stereocenters. The Morgan fingerprint density at radius 2 is 2.08 bits per heavy atom. The molecule has 144 valence electrons. The van der Waals surface area contributed by atoms with Crippen LogP contribution in [0.25, 0.3) is 0 Å². The minimum atomic E-state index is -0.198. The predicted octanol–water partition coefficient (Wildman–Crippen LogP) is 2.05. The summed E-state index contributed by atoms with van der Waals surface area (Å²) in [6, 6.07) is 0. The summed E-state index contributed by atoms with van der Waals surface area (Å²) in [4.78, 5) is 29.6. The Kier molecular flexibility index (Phi) is 6.66. The van der Waals surface area contributed by atoms with Crippen molar-refractivity contribution in [2.45, 2.75) is 70.9 Å². The van der Waals surface area contributed by atoms with Gasteiger partial charge in [-0.15, -0.1) is 0 Å². The topological polar surface area (TPSA) is 85.2 Å². The van der Waals surface area contributed by atoms with Crippen molar-refractivity contribution in [3.63, 3.8) is 0 Å². The molecule has 2 aliphatic rings. The predicted molar refractivity (Wildman–Crippen MR) is 98.3 cm³/mol. The van der Waals surface area contributed by atoms with E-state index in [0.717, 1.165) is 70.2 Å². The number of aromatic nitrogens is 2. The monoisotopic (exact) mass is 362 g/mol. The van der Waals surface area contributed by atoms with Crippen molar-refractivity contribution in [2.75, 3.05) is 19.7 Å². The van der Waals surface area contributed by atoms with Gasteiger partial charge in [-0.1, -0.05) is 19.8 Å². The van der Waals surface area contributed by atoms with Gasteiger partial charge < -0.3 is 19.9 Å². The lowest BCUT2D eigenvalue weighted by molar-refractivity contribution is 0.0853. The molecule has 7 nitrogen and oxygen atoms in total. The zero-order chi connectivity index (χ0) is 18.4. The Labute approximate surface area is 154 Å². The van der Waals surface area contributed by atoms with Crippen LogP contribution in [0.5, 0.6) is 0 Å². The first-order valence-corrected chi connectivity index (χ1v) is 9.98. The van der Waals surface area contributed by atoms with E-state index in [1.165, 1.54) is 0 Å². The van der Waals surface area contributed by atoms with Crippen molar-refractivity contribution in [3.05, 3.63) is 17.2 Å². The molecule has 0 aliphatic carbocycles. The number of nitrogens with zero attached hydrogens (tertiary/aromatic N) is 2. The van der Waals surface area contributed by atoms with E-state index in [4.69, 9.17) is 4.74 Å². The van der Waals surface area contributed by atoms with E-state index in [0.29, 0.717) is 24.6 Å². The lowest BCUT2D eigenvalue weighted by atomic mass is 10.1. The molecule has 0 spiro atoms. The molecule has 3 heterocycles. The minimum Gasteiger partial charge on any atom is -0.376 e. The number of imidazole rings is 1.